The van der Waals surface area contributed by atoms with E-state index in [0.29, 0.717) is 22.1 Å². The number of nitrogens with one attached hydrogen (secondary N) is 3. The van der Waals surface area contributed by atoms with Crippen LogP contribution in [0.1, 0.15) is 17.2 Å². The lowest BCUT2D eigenvalue weighted by atomic mass is 9.92. The Labute approximate surface area is 180 Å². The monoisotopic (exact) mass is 416 g/mol. The summed E-state index contributed by atoms with van der Waals surface area (Å²) in [7, 11) is 1.62. The quantitative estimate of drug-likeness (QED) is 0.551. The van der Waals surface area contributed by atoms with E-state index in [1.807, 2.05) is 54.6 Å². The molecule has 0 radical (unpaired) electrons. The molecular formula is C23H20N4O2S. The molecule has 3 N–H and O–H groups in total. The van der Waals surface area contributed by atoms with Gasteiger partial charge < -0.3 is 20.7 Å². The fraction of sp³-hybridized carbons (Fsp3) is 0.0870. The van der Waals surface area contributed by atoms with Crippen LogP contribution in [0.3, 0.4) is 0 Å². The van der Waals surface area contributed by atoms with E-state index in [1.54, 1.807) is 31.6 Å². The summed E-state index contributed by atoms with van der Waals surface area (Å²) in [6.45, 7) is 0. The van der Waals surface area contributed by atoms with Gasteiger partial charge in [-0.3, -0.25) is 9.78 Å². The maximum absolute atomic E-state index is 13.4. The van der Waals surface area contributed by atoms with Crippen LogP contribution in [0, 0.1) is 0 Å². The van der Waals surface area contributed by atoms with Crippen LogP contribution in [-0.2, 0) is 4.79 Å². The molecule has 0 aliphatic carbocycles. The molecule has 2 heterocycles. The number of carbonyl (C=O) groups is 1. The van der Waals surface area contributed by atoms with Gasteiger partial charge in [-0.2, -0.15) is 0 Å². The van der Waals surface area contributed by atoms with Gasteiger partial charge in [-0.25, -0.2) is 0 Å². The minimum absolute atomic E-state index is 0.245. The van der Waals surface area contributed by atoms with Crippen LogP contribution < -0.4 is 20.7 Å². The normalized spacial score (nSPS) is 15.8. The van der Waals surface area contributed by atoms with Crippen molar-refractivity contribution in [3.8, 4) is 5.75 Å². The first-order chi connectivity index (χ1) is 14.7. The van der Waals surface area contributed by atoms with Gasteiger partial charge in [0.25, 0.3) is 5.91 Å². The Kier molecular flexibility index (Phi) is 5.72. The van der Waals surface area contributed by atoms with E-state index in [0.717, 1.165) is 16.9 Å². The zero-order valence-electron chi connectivity index (χ0n) is 16.3. The molecule has 150 valence electrons. The summed E-state index contributed by atoms with van der Waals surface area (Å²) in [5.41, 5.74) is 3.58. The predicted octanol–water partition coefficient (Wildman–Crippen LogP) is 3.66. The average molecular weight is 417 g/mol. The Morgan fingerprint density at radius 2 is 1.83 bits per heavy atom. The Bertz CT molecular complexity index is 1080. The first-order valence-electron chi connectivity index (χ1n) is 9.38. The summed E-state index contributed by atoms with van der Waals surface area (Å²) in [6, 6.07) is 20.4. The molecule has 1 unspecified atom stereocenters. The molecule has 0 fully saturated rings. The van der Waals surface area contributed by atoms with E-state index in [-0.39, 0.29) is 5.91 Å². The van der Waals surface area contributed by atoms with E-state index in [9.17, 15) is 4.79 Å². The zero-order valence-corrected chi connectivity index (χ0v) is 17.1. The molecule has 6 nitrogen and oxygen atoms in total. The lowest BCUT2D eigenvalue weighted by Crippen LogP contribution is -2.45. The fourth-order valence-electron chi connectivity index (χ4n) is 3.32. The Hall–Kier alpha value is -3.71. The highest BCUT2D eigenvalue weighted by atomic mass is 32.1. The van der Waals surface area contributed by atoms with Crippen LogP contribution in [0.4, 0.5) is 5.69 Å². The van der Waals surface area contributed by atoms with Crippen LogP contribution >= 0.6 is 12.2 Å². The molecule has 2 aromatic carbocycles. The third kappa shape index (κ3) is 4.16. The van der Waals surface area contributed by atoms with Crippen molar-refractivity contribution in [3.63, 3.8) is 0 Å². The number of hydrogen-bond acceptors (Lipinski definition) is 4. The van der Waals surface area contributed by atoms with Crippen molar-refractivity contribution in [2.24, 2.45) is 0 Å². The molecule has 0 saturated heterocycles. The van der Waals surface area contributed by atoms with Crippen molar-refractivity contribution in [1.29, 1.82) is 0 Å². The second-order valence-electron chi connectivity index (χ2n) is 6.66. The third-order valence-electron chi connectivity index (χ3n) is 4.75. The number of hydrogen-bond donors (Lipinski definition) is 3. The van der Waals surface area contributed by atoms with Crippen molar-refractivity contribution in [2.75, 3.05) is 12.4 Å². The number of thiocarbonyl (C=S) groups is 1. The first kappa shape index (κ1) is 19.6. The highest BCUT2D eigenvalue weighted by Crippen LogP contribution is 2.32. The summed E-state index contributed by atoms with van der Waals surface area (Å²) >= 11 is 5.45. The number of aromatic nitrogens is 1. The van der Waals surface area contributed by atoms with Gasteiger partial charge in [-0.1, -0.05) is 42.5 Å². The van der Waals surface area contributed by atoms with Gasteiger partial charge in [0.1, 0.15) is 5.75 Å². The van der Waals surface area contributed by atoms with Crippen LogP contribution in [0.25, 0.3) is 5.70 Å². The topological polar surface area (TPSA) is 75.3 Å². The fourth-order valence-corrected chi connectivity index (χ4v) is 3.54. The molecule has 0 spiro atoms. The molecule has 1 aromatic heterocycles. The number of methoxy groups -OCH3 is 1. The smallest absolute Gasteiger partial charge is 0.256 e. The van der Waals surface area contributed by atoms with Gasteiger partial charge in [0.05, 0.1) is 36.3 Å². The van der Waals surface area contributed by atoms with Crippen LogP contribution in [0.2, 0.25) is 0 Å². The molecular weight excluding hydrogens is 396 g/mol. The zero-order chi connectivity index (χ0) is 20.9. The van der Waals surface area contributed by atoms with Gasteiger partial charge >= 0.3 is 0 Å². The third-order valence-corrected chi connectivity index (χ3v) is 4.97. The van der Waals surface area contributed by atoms with Crippen LogP contribution in [0.5, 0.6) is 5.75 Å². The molecule has 3 aromatic rings. The molecule has 1 amide bonds. The number of ether oxygens (including phenoxy) is 1. The van der Waals surface area contributed by atoms with Gasteiger partial charge in [-0.15, -0.1) is 0 Å². The summed E-state index contributed by atoms with van der Waals surface area (Å²) in [5.74, 6) is 0.494. The van der Waals surface area contributed by atoms with Crippen molar-refractivity contribution >= 4 is 34.6 Å². The molecule has 1 aliphatic rings. The van der Waals surface area contributed by atoms with Crippen molar-refractivity contribution in [3.05, 3.63) is 95.8 Å². The van der Waals surface area contributed by atoms with Crippen molar-refractivity contribution in [2.45, 2.75) is 6.04 Å². The molecule has 1 aliphatic heterocycles. The highest BCUT2D eigenvalue weighted by Gasteiger charge is 2.32. The lowest BCUT2D eigenvalue weighted by molar-refractivity contribution is -0.113. The lowest BCUT2D eigenvalue weighted by Gasteiger charge is -2.31. The minimum atomic E-state index is -0.434. The van der Waals surface area contributed by atoms with Gasteiger partial charge in [0.2, 0.25) is 0 Å². The minimum Gasteiger partial charge on any atom is -0.497 e. The van der Waals surface area contributed by atoms with Crippen LogP contribution in [0.15, 0.2) is 84.7 Å². The number of nitrogens with zero attached hydrogens (tertiary/aromatic N) is 1. The molecule has 7 heteroatoms. The molecule has 4 rings (SSSR count). The standard InChI is InChI=1S/C23H20N4O2S/c1-29-18-11-9-16(10-12-18)21-19(22(28)25-17-8-5-13-24-14-17)20(26-23(30)27-21)15-6-3-2-4-7-15/h2-14,21H,1H3,(H,25,28)(H2,26,27,30). The Balaban J connectivity index is 1.82. The first-order valence-corrected chi connectivity index (χ1v) is 9.79. The van der Waals surface area contributed by atoms with Gasteiger partial charge in [0.15, 0.2) is 5.11 Å². The van der Waals surface area contributed by atoms with Crippen LogP contribution in [-0.4, -0.2) is 23.1 Å². The second-order valence-corrected chi connectivity index (χ2v) is 7.06. The Morgan fingerprint density at radius 3 is 2.50 bits per heavy atom. The average Bonchev–Trinajstić information content (AvgIpc) is 2.79. The van der Waals surface area contributed by atoms with Gasteiger partial charge in [0, 0.05) is 6.20 Å². The summed E-state index contributed by atoms with van der Waals surface area (Å²) in [4.78, 5) is 17.5. The largest absolute Gasteiger partial charge is 0.497 e. The number of pyridine rings is 1. The van der Waals surface area contributed by atoms with Gasteiger partial charge in [-0.05, 0) is 47.6 Å². The number of anilines is 1. The molecule has 1 atom stereocenters. The Morgan fingerprint density at radius 1 is 1.07 bits per heavy atom. The summed E-state index contributed by atoms with van der Waals surface area (Å²) in [5, 5.41) is 9.80. The SMILES string of the molecule is COc1ccc(C2NC(=S)NC(c3ccccc3)=C2C(=O)Nc2cccnc2)cc1. The van der Waals surface area contributed by atoms with Crippen molar-refractivity contribution in [1.82, 2.24) is 15.6 Å². The summed E-state index contributed by atoms with van der Waals surface area (Å²) < 4.78 is 5.26. The number of benzene rings is 2. The maximum atomic E-state index is 13.4. The molecule has 0 saturated carbocycles. The molecule has 0 bridgehead atoms. The van der Waals surface area contributed by atoms with E-state index in [1.165, 1.54) is 0 Å². The van der Waals surface area contributed by atoms with Crippen molar-refractivity contribution < 1.29 is 9.53 Å². The van der Waals surface area contributed by atoms with E-state index in [2.05, 4.69) is 20.9 Å². The molecule has 30 heavy (non-hydrogen) atoms. The highest BCUT2D eigenvalue weighted by molar-refractivity contribution is 7.80. The number of carbonyl (C=O) groups excluding carboxylic acids is 1. The second kappa shape index (κ2) is 8.75. The van der Waals surface area contributed by atoms with E-state index < -0.39 is 6.04 Å². The number of rotatable bonds is 5. The number of amides is 1. The predicted molar refractivity (Wildman–Crippen MR) is 121 cm³/mol. The van der Waals surface area contributed by atoms with E-state index >= 15 is 0 Å². The maximum Gasteiger partial charge on any atom is 0.256 e. The summed E-state index contributed by atoms with van der Waals surface area (Å²) in [6.07, 6.45) is 3.27. The van der Waals surface area contributed by atoms with E-state index in [4.69, 9.17) is 17.0 Å².